The molecule has 1 heterocycles. The summed E-state index contributed by atoms with van der Waals surface area (Å²) in [6, 6.07) is 6.96. The van der Waals surface area contributed by atoms with Crippen molar-refractivity contribution in [2.24, 2.45) is 11.7 Å². The molecule has 3 rings (SSSR count). The fourth-order valence-corrected chi connectivity index (χ4v) is 5.01. The Morgan fingerprint density at radius 1 is 1.00 bits per heavy atom. The van der Waals surface area contributed by atoms with Crippen LogP contribution in [0, 0.1) is 5.92 Å². The van der Waals surface area contributed by atoms with E-state index in [0.29, 0.717) is 23.9 Å². The van der Waals surface area contributed by atoms with Crippen molar-refractivity contribution in [1.29, 1.82) is 0 Å². The Balaban J connectivity index is 0.00000225. The van der Waals surface area contributed by atoms with Crippen LogP contribution in [0.2, 0.25) is 0 Å². The number of ether oxygens (including phenoxy) is 1. The van der Waals surface area contributed by atoms with Crippen LogP contribution in [0.15, 0.2) is 29.2 Å². The van der Waals surface area contributed by atoms with Gasteiger partial charge < -0.3 is 10.5 Å². The molecule has 1 aromatic rings. The molecule has 1 aromatic carbocycles. The molecule has 2 N–H and O–H groups in total. The molecule has 2 fully saturated rings. The van der Waals surface area contributed by atoms with E-state index in [1.54, 1.807) is 24.3 Å². The number of nitrogens with two attached hydrogens (primary N) is 1. The molecule has 25 heavy (non-hydrogen) atoms. The summed E-state index contributed by atoms with van der Waals surface area (Å²) in [5.74, 6) is 1.39. The lowest BCUT2D eigenvalue weighted by molar-refractivity contribution is 0.208. The Morgan fingerprint density at radius 2 is 1.60 bits per heavy atom. The summed E-state index contributed by atoms with van der Waals surface area (Å²) in [5, 5.41) is 0. The first-order valence-corrected chi connectivity index (χ1v) is 10.5. The third-order valence-electron chi connectivity index (χ3n) is 5.17. The average molecular weight is 389 g/mol. The molecule has 0 bridgehead atoms. The monoisotopic (exact) mass is 388 g/mol. The zero-order chi connectivity index (χ0) is 17.0. The summed E-state index contributed by atoms with van der Waals surface area (Å²) in [7, 11) is -3.42. The maximum Gasteiger partial charge on any atom is 0.243 e. The van der Waals surface area contributed by atoms with Gasteiger partial charge in [0.15, 0.2) is 0 Å². The number of rotatable bonds is 5. The molecule has 1 saturated heterocycles. The van der Waals surface area contributed by atoms with E-state index in [9.17, 15) is 8.42 Å². The lowest BCUT2D eigenvalue weighted by Crippen LogP contribution is -2.42. The minimum Gasteiger partial charge on any atom is -0.493 e. The fourth-order valence-electron chi connectivity index (χ4n) is 3.54. The Labute approximate surface area is 157 Å². The summed E-state index contributed by atoms with van der Waals surface area (Å²) in [4.78, 5) is 0.336. The second kappa shape index (κ2) is 9.21. The Bertz CT molecular complexity index is 622. The van der Waals surface area contributed by atoms with E-state index in [1.165, 1.54) is 36.4 Å². The standard InChI is InChI=1S/C18H28N2O3S.ClH/c19-16-10-12-20(13-11-16)24(21,22)18-8-6-17(7-9-18)23-14-15-4-2-1-3-5-15;/h6-9,15-16H,1-5,10-14,19H2;1H. The zero-order valence-corrected chi connectivity index (χ0v) is 16.2. The molecular weight excluding hydrogens is 360 g/mol. The maximum atomic E-state index is 12.7. The fraction of sp³-hybridized carbons (Fsp3) is 0.667. The molecule has 5 nitrogen and oxygen atoms in total. The Morgan fingerprint density at radius 3 is 2.20 bits per heavy atom. The third-order valence-corrected chi connectivity index (χ3v) is 7.08. The van der Waals surface area contributed by atoms with Crippen molar-refractivity contribution in [1.82, 2.24) is 4.31 Å². The molecular formula is C18H29ClN2O3S. The summed E-state index contributed by atoms with van der Waals surface area (Å²) in [6.07, 6.45) is 7.86. The first-order valence-electron chi connectivity index (χ1n) is 9.04. The number of halogens is 1. The predicted molar refractivity (Wildman–Crippen MR) is 102 cm³/mol. The molecule has 0 radical (unpaired) electrons. The summed E-state index contributed by atoms with van der Waals surface area (Å²) >= 11 is 0. The van der Waals surface area contributed by atoms with Gasteiger partial charge in [-0.15, -0.1) is 12.4 Å². The van der Waals surface area contributed by atoms with E-state index in [1.807, 2.05) is 0 Å². The first kappa shape index (κ1) is 20.5. The van der Waals surface area contributed by atoms with Gasteiger partial charge in [-0.25, -0.2) is 8.42 Å². The van der Waals surface area contributed by atoms with E-state index in [-0.39, 0.29) is 18.4 Å². The highest BCUT2D eigenvalue weighted by atomic mass is 35.5. The van der Waals surface area contributed by atoms with Crippen LogP contribution in [0.3, 0.4) is 0 Å². The largest absolute Gasteiger partial charge is 0.493 e. The van der Waals surface area contributed by atoms with E-state index in [2.05, 4.69) is 0 Å². The number of hydrogen-bond acceptors (Lipinski definition) is 4. The highest BCUT2D eigenvalue weighted by molar-refractivity contribution is 7.89. The van der Waals surface area contributed by atoms with Crippen molar-refractivity contribution in [3.63, 3.8) is 0 Å². The van der Waals surface area contributed by atoms with E-state index < -0.39 is 10.0 Å². The second-order valence-corrected chi connectivity index (χ2v) is 8.97. The van der Waals surface area contributed by atoms with Crippen molar-refractivity contribution in [3.8, 4) is 5.75 Å². The molecule has 0 amide bonds. The molecule has 142 valence electrons. The van der Waals surface area contributed by atoms with Crippen LogP contribution >= 0.6 is 12.4 Å². The van der Waals surface area contributed by atoms with Crippen molar-refractivity contribution in [2.45, 2.75) is 55.9 Å². The third kappa shape index (κ3) is 5.33. The van der Waals surface area contributed by atoms with E-state index >= 15 is 0 Å². The quantitative estimate of drug-likeness (QED) is 0.840. The molecule has 0 unspecified atom stereocenters. The molecule has 1 aliphatic carbocycles. The van der Waals surface area contributed by atoms with Crippen molar-refractivity contribution in [3.05, 3.63) is 24.3 Å². The number of benzene rings is 1. The Hall–Kier alpha value is -0.820. The number of piperidine rings is 1. The number of sulfonamides is 1. The van der Waals surface area contributed by atoms with Crippen LogP contribution in [0.25, 0.3) is 0 Å². The lowest BCUT2D eigenvalue weighted by Gasteiger charge is -2.29. The van der Waals surface area contributed by atoms with Crippen LogP contribution in [0.5, 0.6) is 5.75 Å². The van der Waals surface area contributed by atoms with Crippen molar-refractivity contribution in [2.75, 3.05) is 19.7 Å². The van der Waals surface area contributed by atoms with Gasteiger partial charge in [0, 0.05) is 19.1 Å². The molecule has 7 heteroatoms. The van der Waals surface area contributed by atoms with Crippen LogP contribution in [-0.2, 0) is 10.0 Å². The van der Waals surface area contributed by atoms with Gasteiger partial charge in [-0.2, -0.15) is 4.31 Å². The summed E-state index contributed by atoms with van der Waals surface area (Å²) in [6.45, 7) is 1.74. The van der Waals surface area contributed by atoms with Crippen LogP contribution in [-0.4, -0.2) is 38.5 Å². The van der Waals surface area contributed by atoms with Crippen LogP contribution in [0.4, 0.5) is 0 Å². The highest BCUT2D eigenvalue weighted by Crippen LogP contribution is 2.26. The topological polar surface area (TPSA) is 72.6 Å². The summed E-state index contributed by atoms with van der Waals surface area (Å²) < 4.78 is 32.7. The molecule has 0 atom stereocenters. The van der Waals surface area contributed by atoms with Gasteiger partial charge in [-0.1, -0.05) is 19.3 Å². The van der Waals surface area contributed by atoms with Crippen LogP contribution in [0.1, 0.15) is 44.9 Å². The number of nitrogens with zero attached hydrogens (tertiary/aromatic N) is 1. The maximum absolute atomic E-state index is 12.7. The smallest absolute Gasteiger partial charge is 0.243 e. The summed E-state index contributed by atoms with van der Waals surface area (Å²) in [5.41, 5.74) is 5.86. The minimum atomic E-state index is -3.42. The predicted octanol–water partition coefficient (Wildman–Crippen LogP) is 3.18. The van der Waals surface area contributed by atoms with Gasteiger partial charge in [0.05, 0.1) is 11.5 Å². The molecule has 1 aliphatic heterocycles. The Kier molecular flexibility index (Phi) is 7.55. The minimum absolute atomic E-state index is 0. The van der Waals surface area contributed by atoms with Crippen LogP contribution < -0.4 is 10.5 Å². The van der Waals surface area contributed by atoms with Gasteiger partial charge in [-0.3, -0.25) is 0 Å². The SMILES string of the molecule is Cl.NC1CCN(S(=O)(=O)c2ccc(OCC3CCCCC3)cc2)CC1. The molecule has 0 spiro atoms. The number of hydrogen-bond donors (Lipinski definition) is 1. The first-order chi connectivity index (χ1) is 11.6. The second-order valence-electron chi connectivity index (χ2n) is 7.03. The normalized spacial score (nSPS) is 20.8. The average Bonchev–Trinajstić information content (AvgIpc) is 2.61. The van der Waals surface area contributed by atoms with Crippen molar-refractivity contribution >= 4 is 22.4 Å². The van der Waals surface area contributed by atoms with Gasteiger partial charge in [0.1, 0.15) is 5.75 Å². The van der Waals surface area contributed by atoms with Gasteiger partial charge in [0.25, 0.3) is 0 Å². The van der Waals surface area contributed by atoms with E-state index in [4.69, 9.17) is 10.5 Å². The van der Waals surface area contributed by atoms with Gasteiger partial charge in [-0.05, 0) is 55.9 Å². The van der Waals surface area contributed by atoms with Gasteiger partial charge in [0.2, 0.25) is 10.0 Å². The van der Waals surface area contributed by atoms with Crippen molar-refractivity contribution < 1.29 is 13.2 Å². The van der Waals surface area contributed by atoms with E-state index in [0.717, 1.165) is 25.2 Å². The highest BCUT2D eigenvalue weighted by Gasteiger charge is 2.28. The molecule has 1 saturated carbocycles. The zero-order valence-electron chi connectivity index (χ0n) is 14.6. The molecule has 0 aromatic heterocycles. The van der Waals surface area contributed by atoms with Gasteiger partial charge >= 0.3 is 0 Å². The lowest BCUT2D eigenvalue weighted by atomic mass is 9.90. The molecule has 2 aliphatic rings.